The van der Waals surface area contributed by atoms with Crippen LogP contribution in [0.5, 0.6) is 0 Å². The van der Waals surface area contributed by atoms with Gasteiger partial charge in [-0.3, -0.25) is 0 Å². The van der Waals surface area contributed by atoms with Crippen LogP contribution >= 0.6 is 0 Å². The zero-order valence-corrected chi connectivity index (χ0v) is 30.4. The smallest absolute Gasteiger partial charge is 0.0464 e. The third kappa shape index (κ3) is 6.38. The molecule has 3 N–H and O–H groups in total. The Bertz CT molecular complexity index is 884. The first-order valence-corrected chi connectivity index (χ1v) is 17.3. The molecule has 0 aromatic heterocycles. The van der Waals surface area contributed by atoms with Crippen LogP contribution in [0, 0.1) is 41.4 Å². The second-order valence-electron chi connectivity index (χ2n) is 18.8. The maximum Gasteiger partial charge on any atom is 0.0464 e. The van der Waals surface area contributed by atoms with Gasteiger partial charge in [0.2, 0.25) is 0 Å². The van der Waals surface area contributed by atoms with Gasteiger partial charge in [0.1, 0.15) is 0 Å². The molecule has 3 aliphatic rings. The highest BCUT2D eigenvalue weighted by Crippen LogP contribution is 2.55. The molecule has 3 aliphatic heterocycles. The minimum absolute atomic E-state index is 0.233. The van der Waals surface area contributed by atoms with E-state index < -0.39 is 0 Å². The summed E-state index contributed by atoms with van der Waals surface area (Å²) in [6.45, 7) is 33.7. The van der Waals surface area contributed by atoms with Crippen LogP contribution in [0.25, 0.3) is 0 Å². The lowest BCUT2D eigenvalue weighted by Gasteiger charge is -2.60. The van der Waals surface area contributed by atoms with Crippen LogP contribution in [0.1, 0.15) is 155 Å². The Morgan fingerprint density at radius 3 is 1.14 bits per heavy atom. The number of hydroxylamine groups is 6. The van der Waals surface area contributed by atoms with Crippen molar-refractivity contribution in [2.75, 3.05) is 0 Å². The molecule has 0 aromatic carbocycles. The van der Waals surface area contributed by atoms with Crippen LogP contribution < -0.4 is 0 Å². The molecule has 6 atom stereocenters. The molecule has 0 spiro atoms. The van der Waals surface area contributed by atoms with E-state index in [1.54, 1.807) is 15.2 Å². The van der Waals surface area contributed by atoms with Gasteiger partial charge in [-0.15, -0.1) is 0 Å². The largest absolute Gasteiger partial charge is 0.313 e. The number of rotatable bonds is 8. The van der Waals surface area contributed by atoms with Crippen molar-refractivity contribution in [2.24, 2.45) is 41.4 Å². The lowest BCUT2D eigenvalue weighted by molar-refractivity contribution is -0.284. The summed E-state index contributed by atoms with van der Waals surface area (Å²) in [5.74, 6) is 3.11. The maximum absolute atomic E-state index is 11.5. The van der Waals surface area contributed by atoms with Crippen LogP contribution in [0.15, 0.2) is 0 Å². The van der Waals surface area contributed by atoms with Gasteiger partial charge in [0.15, 0.2) is 0 Å². The number of nitrogens with zero attached hydrogens (tertiary/aromatic N) is 3. The van der Waals surface area contributed by atoms with Crippen molar-refractivity contribution in [1.82, 2.24) is 15.2 Å². The summed E-state index contributed by atoms with van der Waals surface area (Å²) in [6.07, 6.45) is 8.33. The van der Waals surface area contributed by atoms with Crippen molar-refractivity contribution in [2.45, 2.75) is 188 Å². The van der Waals surface area contributed by atoms with Crippen molar-refractivity contribution in [3.05, 3.63) is 0 Å². The van der Waals surface area contributed by atoms with Crippen molar-refractivity contribution < 1.29 is 15.6 Å². The van der Waals surface area contributed by atoms with E-state index in [0.29, 0.717) is 41.4 Å². The van der Waals surface area contributed by atoms with E-state index in [1.807, 2.05) is 0 Å². The zero-order valence-electron chi connectivity index (χ0n) is 30.4. The fraction of sp³-hybridized carbons (Fsp3) is 1.00. The predicted molar refractivity (Wildman–Crippen MR) is 174 cm³/mol. The molecule has 0 aromatic rings. The van der Waals surface area contributed by atoms with E-state index in [9.17, 15) is 15.6 Å². The molecule has 3 fully saturated rings. The van der Waals surface area contributed by atoms with Crippen LogP contribution in [0.2, 0.25) is 0 Å². The molecule has 3 rings (SSSR count). The average molecular weight is 594 g/mol. The highest BCUT2D eigenvalue weighted by Gasteiger charge is 2.56. The lowest BCUT2D eigenvalue weighted by atomic mass is 9.58. The predicted octanol–water partition coefficient (Wildman–Crippen LogP) is 9.27. The standard InChI is InChI=1S/C36H71N3O3/c1-24(2)34(13)19-27(18-31(7,8)37(34)40)16-17-30(28-20-32(9,10)38(41)35(14,22-28)25(3)4)29-21-33(11,12)39(42)36(15,23-29)26(5)6/h24-30,40-42H,16-23H2,1-15H3. The van der Waals surface area contributed by atoms with E-state index in [-0.39, 0.29) is 33.2 Å². The first-order chi connectivity index (χ1) is 18.8. The number of hydrogen-bond acceptors (Lipinski definition) is 6. The summed E-state index contributed by atoms with van der Waals surface area (Å²) < 4.78 is 0. The van der Waals surface area contributed by atoms with Gasteiger partial charge in [-0.25, -0.2) is 0 Å². The van der Waals surface area contributed by atoms with E-state index in [0.717, 1.165) is 38.5 Å². The quantitative estimate of drug-likeness (QED) is 0.261. The van der Waals surface area contributed by atoms with Crippen LogP contribution in [-0.4, -0.2) is 64.0 Å². The Balaban J connectivity index is 2.02. The van der Waals surface area contributed by atoms with Crippen molar-refractivity contribution in [1.29, 1.82) is 0 Å². The molecule has 6 nitrogen and oxygen atoms in total. The van der Waals surface area contributed by atoms with Gasteiger partial charge in [-0.1, -0.05) is 48.0 Å². The second-order valence-corrected chi connectivity index (χ2v) is 18.8. The molecule has 0 bridgehead atoms. The molecule has 0 saturated carbocycles. The van der Waals surface area contributed by atoms with E-state index in [1.165, 1.54) is 12.8 Å². The summed E-state index contributed by atoms with van der Waals surface area (Å²) in [5.41, 5.74) is -1.63. The van der Waals surface area contributed by atoms with Crippen molar-refractivity contribution in [3.63, 3.8) is 0 Å². The molecule has 3 heterocycles. The summed E-state index contributed by atoms with van der Waals surface area (Å²) in [7, 11) is 0. The van der Waals surface area contributed by atoms with Gasteiger partial charge >= 0.3 is 0 Å². The third-order valence-corrected chi connectivity index (χ3v) is 13.4. The molecule has 0 aliphatic carbocycles. The summed E-state index contributed by atoms with van der Waals surface area (Å²) in [5, 5.41) is 39.4. The van der Waals surface area contributed by atoms with Crippen LogP contribution in [0.4, 0.5) is 0 Å². The van der Waals surface area contributed by atoms with E-state index in [4.69, 9.17) is 0 Å². The molecule has 0 amide bonds. The lowest BCUT2D eigenvalue weighted by Crippen LogP contribution is -2.65. The van der Waals surface area contributed by atoms with Gasteiger partial charge in [0.25, 0.3) is 0 Å². The molecular weight excluding hydrogens is 522 g/mol. The van der Waals surface area contributed by atoms with Gasteiger partial charge in [-0.05, 0) is 149 Å². The zero-order chi connectivity index (χ0) is 32.4. The SMILES string of the molecule is CC(C)C1(C)CC(CCC(C2CC(C)(C)N(O)C(C)(C(C)C)C2)C2CC(C)(C)N(O)C(C)(C(C)C)C2)CC(C)(C)N1O. The van der Waals surface area contributed by atoms with E-state index >= 15 is 0 Å². The van der Waals surface area contributed by atoms with E-state index in [2.05, 4.69) is 104 Å². The average Bonchev–Trinajstić information content (AvgIpc) is 2.83. The Kier molecular flexibility index (Phi) is 10.2. The van der Waals surface area contributed by atoms with Gasteiger partial charge in [0, 0.05) is 33.2 Å². The fourth-order valence-corrected chi connectivity index (χ4v) is 9.98. The number of piperidine rings is 3. The molecule has 3 saturated heterocycles. The summed E-state index contributed by atoms with van der Waals surface area (Å²) in [6, 6.07) is 0. The molecule has 0 radical (unpaired) electrons. The molecule has 6 heteroatoms. The third-order valence-electron chi connectivity index (χ3n) is 13.4. The van der Waals surface area contributed by atoms with Crippen molar-refractivity contribution in [3.8, 4) is 0 Å². The van der Waals surface area contributed by atoms with Crippen LogP contribution in [-0.2, 0) is 0 Å². The first-order valence-electron chi connectivity index (χ1n) is 17.3. The first kappa shape index (κ1) is 36.2. The summed E-state index contributed by atoms with van der Waals surface area (Å²) >= 11 is 0. The Labute approximate surface area is 260 Å². The Morgan fingerprint density at radius 1 is 0.500 bits per heavy atom. The van der Waals surface area contributed by atoms with Gasteiger partial charge in [-0.2, -0.15) is 15.2 Å². The highest BCUT2D eigenvalue weighted by molar-refractivity contribution is 5.07. The highest BCUT2D eigenvalue weighted by atomic mass is 16.5. The normalized spacial score (nSPS) is 40.6. The second kappa shape index (κ2) is 11.8. The minimum Gasteiger partial charge on any atom is -0.313 e. The minimum atomic E-state index is -0.296. The monoisotopic (exact) mass is 594 g/mol. The molecule has 6 unspecified atom stereocenters. The summed E-state index contributed by atoms with van der Waals surface area (Å²) in [4.78, 5) is 0. The maximum atomic E-state index is 11.5. The molecule has 248 valence electrons. The van der Waals surface area contributed by atoms with Crippen LogP contribution in [0.3, 0.4) is 0 Å². The fourth-order valence-electron chi connectivity index (χ4n) is 9.98. The Morgan fingerprint density at radius 2 is 0.810 bits per heavy atom. The Hall–Kier alpha value is -0.240. The van der Waals surface area contributed by atoms with Gasteiger partial charge < -0.3 is 15.6 Å². The topological polar surface area (TPSA) is 70.4 Å². The molecular formula is C36H71N3O3. The van der Waals surface area contributed by atoms with Gasteiger partial charge in [0.05, 0.1) is 0 Å². The van der Waals surface area contributed by atoms with Crippen molar-refractivity contribution >= 4 is 0 Å². The molecule has 42 heavy (non-hydrogen) atoms. The number of hydrogen-bond donors (Lipinski definition) is 3.